The van der Waals surface area contributed by atoms with E-state index in [-0.39, 0.29) is 5.78 Å². The second kappa shape index (κ2) is 8.87. The molecular weight excluding hydrogens is 406 g/mol. The molecule has 0 aliphatic heterocycles. The molecule has 5 rings (SSSR count). The third-order valence-corrected chi connectivity index (χ3v) is 6.24. The predicted octanol–water partition coefficient (Wildman–Crippen LogP) is 7.15. The van der Waals surface area contributed by atoms with Crippen LogP contribution < -0.4 is 0 Å². The monoisotopic (exact) mass is 431 g/mol. The van der Waals surface area contributed by atoms with E-state index in [1.165, 1.54) is 5.56 Å². The van der Waals surface area contributed by atoms with Gasteiger partial charge in [0, 0.05) is 16.7 Å². The molecule has 5 aromatic rings. The first kappa shape index (κ1) is 20.9. The number of unbranched alkanes of at least 4 members (excludes halogenated alkanes) is 1. The largest absolute Gasteiger partial charge is 0.308 e. The van der Waals surface area contributed by atoms with Crippen LogP contribution in [0.4, 0.5) is 0 Å². The van der Waals surface area contributed by atoms with Crippen LogP contribution in [0.5, 0.6) is 0 Å². The Morgan fingerprint density at radius 2 is 1.61 bits per heavy atom. The molecule has 2 heterocycles. The molecule has 2 aromatic heterocycles. The van der Waals surface area contributed by atoms with Crippen LogP contribution in [0.25, 0.3) is 27.7 Å². The summed E-state index contributed by atoms with van der Waals surface area (Å²) in [4.78, 5) is 25.7. The topological polar surface area (TPSA) is 38.5 Å². The molecule has 0 N–H and O–H groups in total. The number of carbonyl (C=O) groups excluding carboxylic acids is 2. The predicted molar refractivity (Wildman–Crippen MR) is 134 cm³/mol. The summed E-state index contributed by atoms with van der Waals surface area (Å²) in [6, 6.07) is 29.6. The SMILES string of the molecule is CCCCc1ccc(-c2cc(C(=O)c3ccccc3)c3c(C=O)cc4ccccc4n23)cc1. The summed E-state index contributed by atoms with van der Waals surface area (Å²) >= 11 is 0. The molecule has 0 unspecified atom stereocenters. The normalized spacial score (nSPS) is 11.2. The number of aldehydes is 1. The van der Waals surface area contributed by atoms with Crippen LogP contribution in [0.2, 0.25) is 0 Å². The Hall–Kier alpha value is -3.98. The number of ketones is 1. The maximum atomic E-state index is 13.6. The molecule has 0 amide bonds. The molecule has 33 heavy (non-hydrogen) atoms. The van der Waals surface area contributed by atoms with Crippen molar-refractivity contribution in [1.82, 2.24) is 4.40 Å². The number of para-hydroxylation sites is 1. The minimum absolute atomic E-state index is 0.0858. The van der Waals surface area contributed by atoms with Crippen molar-refractivity contribution in [2.45, 2.75) is 26.2 Å². The molecule has 0 fully saturated rings. The Morgan fingerprint density at radius 3 is 2.33 bits per heavy atom. The fraction of sp³-hybridized carbons (Fsp3) is 0.133. The van der Waals surface area contributed by atoms with Gasteiger partial charge in [0.2, 0.25) is 0 Å². The van der Waals surface area contributed by atoms with Gasteiger partial charge >= 0.3 is 0 Å². The van der Waals surface area contributed by atoms with Crippen LogP contribution in [0.3, 0.4) is 0 Å². The molecule has 0 aliphatic carbocycles. The van der Waals surface area contributed by atoms with Crippen molar-refractivity contribution in [2.75, 3.05) is 0 Å². The number of nitrogens with zero attached hydrogens (tertiary/aromatic N) is 1. The van der Waals surface area contributed by atoms with Gasteiger partial charge < -0.3 is 4.40 Å². The molecule has 0 saturated heterocycles. The van der Waals surface area contributed by atoms with E-state index in [1.54, 1.807) is 0 Å². The van der Waals surface area contributed by atoms with E-state index in [4.69, 9.17) is 0 Å². The summed E-state index contributed by atoms with van der Waals surface area (Å²) in [7, 11) is 0. The first-order valence-electron chi connectivity index (χ1n) is 11.4. The number of fused-ring (bicyclic) bond motifs is 3. The molecule has 0 radical (unpaired) electrons. The van der Waals surface area contributed by atoms with Gasteiger partial charge in [-0.2, -0.15) is 0 Å². The number of pyridine rings is 1. The highest BCUT2D eigenvalue weighted by molar-refractivity contribution is 6.17. The van der Waals surface area contributed by atoms with Crippen molar-refractivity contribution in [1.29, 1.82) is 0 Å². The molecule has 0 spiro atoms. The van der Waals surface area contributed by atoms with E-state index in [0.29, 0.717) is 22.2 Å². The van der Waals surface area contributed by atoms with E-state index < -0.39 is 0 Å². The highest BCUT2D eigenvalue weighted by Crippen LogP contribution is 2.34. The summed E-state index contributed by atoms with van der Waals surface area (Å²) in [6.45, 7) is 2.20. The third-order valence-electron chi connectivity index (χ3n) is 6.24. The summed E-state index contributed by atoms with van der Waals surface area (Å²) in [5.41, 5.74) is 6.52. The van der Waals surface area contributed by atoms with E-state index in [2.05, 4.69) is 35.6 Å². The maximum absolute atomic E-state index is 13.6. The zero-order valence-electron chi connectivity index (χ0n) is 18.6. The maximum Gasteiger partial charge on any atom is 0.195 e. The van der Waals surface area contributed by atoms with Crippen LogP contribution in [-0.2, 0) is 6.42 Å². The molecule has 0 atom stereocenters. The number of hydrogen-bond donors (Lipinski definition) is 0. The lowest BCUT2D eigenvalue weighted by Crippen LogP contribution is -2.03. The number of aryl methyl sites for hydroxylation is 1. The van der Waals surface area contributed by atoms with Crippen molar-refractivity contribution in [2.24, 2.45) is 0 Å². The number of rotatable bonds is 7. The number of carbonyl (C=O) groups is 2. The van der Waals surface area contributed by atoms with Crippen molar-refractivity contribution in [3.05, 3.63) is 113 Å². The van der Waals surface area contributed by atoms with Crippen LogP contribution in [0.15, 0.2) is 91.0 Å². The van der Waals surface area contributed by atoms with Crippen molar-refractivity contribution >= 4 is 28.5 Å². The Bertz CT molecular complexity index is 1460. The van der Waals surface area contributed by atoms with Crippen LogP contribution >= 0.6 is 0 Å². The summed E-state index contributed by atoms with van der Waals surface area (Å²) in [6.07, 6.45) is 4.23. The molecule has 3 aromatic carbocycles. The second-order valence-electron chi connectivity index (χ2n) is 8.40. The van der Waals surface area contributed by atoms with Gasteiger partial charge in [0.05, 0.1) is 16.7 Å². The van der Waals surface area contributed by atoms with Gasteiger partial charge in [-0.25, -0.2) is 0 Å². The fourth-order valence-corrected chi connectivity index (χ4v) is 4.54. The van der Waals surface area contributed by atoms with Gasteiger partial charge in [-0.15, -0.1) is 0 Å². The minimum atomic E-state index is -0.0858. The van der Waals surface area contributed by atoms with E-state index in [1.807, 2.05) is 66.7 Å². The van der Waals surface area contributed by atoms with E-state index in [0.717, 1.165) is 47.7 Å². The second-order valence-corrected chi connectivity index (χ2v) is 8.40. The van der Waals surface area contributed by atoms with Gasteiger partial charge in [-0.05, 0) is 47.6 Å². The zero-order chi connectivity index (χ0) is 22.8. The number of hydrogen-bond acceptors (Lipinski definition) is 2. The van der Waals surface area contributed by atoms with Crippen LogP contribution in [-0.4, -0.2) is 16.5 Å². The van der Waals surface area contributed by atoms with Gasteiger partial charge in [-0.1, -0.05) is 86.1 Å². The number of benzene rings is 3. The van der Waals surface area contributed by atoms with E-state index >= 15 is 0 Å². The Morgan fingerprint density at radius 1 is 0.879 bits per heavy atom. The summed E-state index contributed by atoms with van der Waals surface area (Å²) in [5, 5.41) is 0.960. The van der Waals surface area contributed by atoms with Crippen molar-refractivity contribution in [3.8, 4) is 11.3 Å². The van der Waals surface area contributed by atoms with E-state index in [9.17, 15) is 9.59 Å². The minimum Gasteiger partial charge on any atom is -0.308 e. The quantitative estimate of drug-likeness (QED) is 0.203. The highest BCUT2D eigenvalue weighted by Gasteiger charge is 2.22. The Balaban J connectivity index is 1.79. The lowest BCUT2D eigenvalue weighted by atomic mass is 10.0. The molecule has 162 valence electrons. The van der Waals surface area contributed by atoms with Gasteiger partial charge in [0.1, 0.15) is 0 Å². The Labute approximate surface area is 193 Å². The van der Waals surface area contributed by atoms with Gasteiger partial charge in [0.15, 0.2) is 12.1 Å². The first-order valence-corrected chi connectivity index (χ1v) is 11.4. The summed E-state index contributed by atoms with van der Waals surface area (Å²) in [5.74, 6) is -0.0858. The smallest absolute Gasteiger partial charge is 0.195 e. The third kappa shape index (κ3) is 3.76. The standard InChI is InChI=1S/C30H25NO2/c1-2-3-9-21-14-16-22(17-15-21)28-19-26(30(33)23-10-5-4-6-11-23)29-25(20-32)18-24-12-7-8-13-27(24)31(28)29/h4-8,10-20H,2-3,9H2,1H3. The highest BCUT2D eigenvalue weighted by atomic mass is 16.1. The fourth-order valence-electron chi connectivity index (χ4n) is 4.54. The van der Waals surface area contributed by atoms with Crippen LogP contribution in [0, 0.1) is 0 Å². The molecule has 0 saturated carbocycles. The number of aromatic nitrogens is 1. The van der Waals surface area contributed by atoms with Gasteiger partial charge in [-0.3, -0.25) is 9.59 Å². The molecular formula is C30H25NO2. The molecule has 3 nitrogen and oxygen atoms in total. The molecule has 0 aliphatic rings. The average Bonchev–Trinajstić information content (AvgIpc) is 3.28. The lowest BCUT2D eigenvalue weighted by Gasteiger charge is -2.11. The Kier molecular flexibility index (Phi) is 5.62. The van der Waals surface area contributed by atoms with Crippen molar-refractivity contribution < 1.29 is 9.59 Å². The lowest BCUT2D eigenvalue weighted by molar-refractivity contribution is 0.104. The molecule has 0 bridgehead atoms. The molecule has 3 heteroatoms. The zero-order valence-corrected chi connectivity index (χ0v) is 18.6. The van der Waals surface area contributed by atoms with Crippen molar-refractivity contribution in [3.63, 3.8) is 0 Å². The average molecular weight is 432 g/mol. The summed E-state index contributed by atoms with van der Waals surface area (Å²) < 4.78 is 2.07. The van der Waals surface area contributed by atoms with Crippen LogP contribution in [0.1, 0.15) is 51.6 Å². The van der Waals surface area contributed by atoms with Gasteiger partial charge in [0.25, 0.3) is 0 Å². The first-order chi connectivity index (χ1) is 16.2.